The first-order chi connectivity index (χ1) is 13.1. The number of benzene rings is 1. The second kappa shape index (κ2) is 6.16. The van der Waals surface area contributed by atoms with E-state index in [9.17, 15) is 4.79 Å². The fourth-order valence-electron chi connectivity index (χ4n) is 3.80. The molecule has 0 bridgehead atoms. The van der Waals surface area contributed by atoms with Gasteiger partial charge < -0.3 is 9.15 Å². The van der Waals surface area contributed by atoms with Crippen molar-refractivity contribution in [2.45, 2.75) is 33.1 Å². The van der Waals surface area contributed by atoms with Gasteiger partial charge in [-0.3, -0.25) is 0 Å². The molecule has 1 aliphatic carbocycles. The molecule has 0 N–H and O–H groups in total. The minimum Gasteiger partial charge on any atom is -0.438 e. The van der Waals surface area contributed by atoms with Gasteiger partial charge in [0.1, 0.15) is 22.5 Å². The van der Waals surface area contributed by atoms with Crippen LogP contribution in [0.3, 0.4) is 0 Å². The number of hydrogen-bond donors (Lipinski definition) is 0. The van der Waals surface area contributed by atoms with Crippen LogP contribution in [0.5, 0.6) is 11.6 Å². The average molecular weight is 378 g/mol. The number of aryl methyl sites for hydroxylation is 2. The van der Waals surface area contributed by atoms with Crippen LogP contribution in [0.15, 0.2) is 39.8 Å². The maximum atomic E-state index is 11.7. The average Bonchev–Trinajstić information content (AvgIpc) is 2.99. The predicted octanol–water partition coefficient (Wildman–Crippen LogP) is 5.02. The van der Waals surface area contributed by atoms with Gasteiger partial charge in [-0.15, -0.1) is 11.3 Å². The van der Waals surface area contributed by atoms with Gasteiger partial charge in [-0.05, 0) is 55.4 Å². The lowest BCUT2D eigenvalue weighted by molar-refractivity contribution is 0.464. The van der Waals surface area contributed by atoms with Gasteiger partial charge in [-0.1, -0.05) is 6.92 Å². The third-order valence-electron chi connectivity index (χ3n) is 5.19. The summed E-state index contributed by atoms with van der Waals surface area (Å²) in [6, 6.07) is 7.03. The summed E-state index contributed by atoms with van der Waals surface area (Å²) in [4.78, 5) is 22.9. The Morgan fingerprint density at radius 2 is 2.15 bits per heavy atom. The number of hydrogen-bond acceptors (Lipinski definition) is 6. The van der Waals surface area contributed by atoms with Crippen LogP contribution in [0.4, 0.5) is 0 Å². The van der Waals surface area contributed by atoms with E-state index in [1.165, 1.54) is 22.9 Å². The minimum atomic E-state index is -0.359. The van der Waals surface area contributed by atoms with Crippen molar-refractivity contribution in [2.75, 3.05) is 0 Å². The van der Waals surface area contributed by atoms with Gasteiger partial charge in [0.15, 0.2) is 0 Å². The Kier molecular flexibility index (Phi) is 3.75. The van der Waals surface area contributed by atoms with Gasteiger partial charge in [0.25, 0.3) is 0 Å². The number of aromatic nitrogens is 2. The van der Waals surface area contributed by atoms with E-state index in [1.807, 2.05) is 19.1 Å². The lowest BCUT2D eigenvalue weighted by atomic mass is 9.89. The zero-order valence-electron chi connectivity index (χ0n) is 15.1. The molecule has 0 saturated heterocycles. The highest BCUT2D eigenvalue weighted by molar-refractivity contribution is 7.18. The number of fused-ring (bicyclic) bond motifs is 4. The van der Waals surface area contributed by atoms with Gasteiger partial charge >= 0.3 is 5.63 Å². The molecule has 3 aromatic heterocycles. The predicted molar refractivity (Wildman–Crippen MR) is 106 cm³/mol. The summed E-state index contributed by atoms with van der Waals surface area (Å²) in [5.41, 5.74) is 2.37. The zero-order chi connectivity index (χ0) is 18.5. The van der Waals surface area contributed by atoms with Crippen LogP contribution in [0.2, 0.25) is 0 Å². The molecule has 27 heavy (non-hydrogen) atoms. The lowest BCUT2D eigenvalue weighted by Gasteiger charge is -2.18. The Morgan fingerprint density at radius 1 is 1.26 bits per heavy atom. The van der Waals surface area contributed by atoms with E-state index in [0.29, 0.717) is 23.1 Å². The van der Waals surface area contributed by atoms with Crippen molar-refractivity contribution in [3.8, 4) is 11.6 Å². The fraction of sp³-hybridized carbons (Fsp3) is 0.286. The van der Waals surface area contributed by atoms with Crippen molar-refractivity contribution in [3.63, 3.8) is 0 Å². The normalized spacial score (nSPS) is 16.6. The molecule has 0 spiro atoms. The molecular weight excluding hydrogens is 360 g/mol. The standard InChI is InChI=1S/C21H18N2O3S/c1-11-3-5-15-17(7-11)27-21-19(15)20(22-10-23-21)25-13-4-6-14-12(2)8-18(24)26-16(14)9-13/h4,6,8-11H,3,5,7H2,1-2H3. The molecule has 5 nitrogen and oxygen atoms in total. The molecule has 4 aromatic rings. The highest BCUT2D eigenvalue weighted by atomic mass is 32.1. The van der Waals surface area contributed by atoms with Crippen LogP contribution in [0.25, 0.3) is 21.2 Å². The smallest absolute Gasteiger partial charge is 0.336 e. The third-order valence-corrected chi connectivity index (χ3v) is 6.36. The van der Waals surface area contributed by atoms with Crippen molar-refractivity contribution in [2.24, 2.45) is 5.92 Å². The molecule has 3 heterocycles. The molecule has 1 aliphatic rings. The Hall–Kier alpha value is -2.73. The fourth-order valence-corrected chi connectivity index (χ4v) is 5.14. The summed E-state index contributed by atoms with van der Waals surface area (Å²) in [7, 11) is 0. The molecule has 0 aliphatic heterocycles. The van der Waals surface area contributed by atoms with E-state index >= 15 is 0 Å². The Bertz CT molecular complexity index is 1240. The molecule has 1 atom stereocenters. The molecule has 0 radical (unpaired) electrons. The van der Waals surface area contributed by atoms with Crippen molar-refractivity contribution in [1.29, 1.82) is 0 Å². The van der Waals surface area contributed by atoms with E-state index in [1.54, 1.807) is 23.7 Å². The van der Waals surface area contributed by atoms with Crippen LogP contribution in [-0.4, -0.2) is 9.97 Å². The molecule has 0 amide bonds. The van der Waals surface area contributed by atoms with Gasteiger partial charge in [0, 0.05) is 22.4 Å². The van der Waals surface area contributed by atoms with Crippen molar-refractivity contribution in [3.05, 3.63) is 57.0 Å². The minimum absolute atomic E-state index is 0.359. The Balaban J connectivity index is 1.61. The second-order valence-electron chi connectivity index (χ2n) is 7.22. The topological polar surface area (TPSA) is 65.2 Å². The number of thiophene rings is 1. The lowest BCUT2D eigenvalue weighted by Crippen LogP contribution is -2.08. The van der Waals surface area contributed by atoms with Crippen molar-refractivity contribution < 1.29 is 9.15 Å². The molecule has 0 fully saturated rings. The number of nitrogens with zero attached hydrogens (tertiary/aromatic N) is 2. The SMILES string of the molecule is Cc1cc(=O)oc2cc(Oc3ncnc4sc5c(c34)CCC(C)C5)ccc12. The van der Waals surface area contributed by atoms with Crippen molar-refractivity contribution >= 4 is 32.5 Å². The monoisotopic (exact) mass is 378 g/mol. The van der Waals surface area contributed by atoms with Crippen LogP contribution in [-0.2, 0) is 12.8 Å². The van der Waals surface area contributed by atoms with E-state index < -0.39 is 0 Å². The molecule has 1 unspecified atom stereocenters. The summed E-state index contributed by atoms with van der Waals surface area (Å²) >= 11 is 1.74. The van der Waals surface area contributed by atoms with E-state index in [0.717, 1.165) is 34.0 Å². The van der Waals surface area contributed by atoms with Gasteiger partial charge in [-0.2, -0.15) is 0 Å². The summed E-state index contributed by atoms with van der Waals surface area (Å²) < 4.78 is 11.5. The highest BCUT2D eigenvalue weighted by Crippen LogP contribution is 2.41. The molecular formula is C21H18N2O3S. The Labute approximate surface area is 159 Å². The maximum Gasteiger partial charge on any atom is 0.336 e. The first-order valence-electron chi connectivity index (χ1n) is 9.06. The molecule has 1 aromatic carbocycles. The first-order valence-corrected chi connectivity index (χ1v) is 9.88. The van der Waals surface area contributed by atoms with Crippen LogP contribution in [0.1, 0.15) is 29.3 Å². The quantitative estimate of drug-likeness (QED) is 0.458. The van der Waals surface area contributed by atoms with Gasteiger partial charge in [0.2, 0.25) is 5.88 Å². The van der Waals surface area contributed by atoms with Crippen molar-refractivity contribution in [1.82, 2.24) is 9.97 Å². The Morgan fingerprint density at radius 3 is 3.04 bits per heavy atom. The maximum absolute atomic E-state index is 11.7. The van der Waals surface area contributed by atoms with Gasteiger partial charge in [0.05, 0.1) is 5.39 Å². The molecule has 5 rings (SSSR count). The first kappa shape index (κ1) is 16.4. The summed E-state index contributed by atoms with van der Waals surface area (Å²) in [5, 5.41) is 1.92. The van der Waals surface area contributed by atoms with E-state index in [-0.39, 0.29) is 5.63 Å². The molecule has 136 valence electrons. The van der Waals surface area contributed by atoms with Gasteiger partial charge in [-0.25, -0.2) is 14.8 Å². The number of ether oxygens (including phenoxy) is 1. The third kappa shape index (κ3) is 2.80. The summed E-state index contributed by atoms with van der Waals surface area (Å²) in [5.74, 6) is 1.87. The second-order valence-corrected chi connectivity index (χ2v) is 8.30. The highest BCUT2D eigenvalue weighted by Gasteiger charge is 2.24. The van der Waals surface area contributed by atoms with Crippen LogP contribution >= 0.6 is 11.3 Å². The van der Waals surface area contributed by atoms with Crippen LogP contribution < -0.4 is 10.4 Å². The zero-order valence-corrected chi connectivity index (χ0v) is 15.9. The molecule has 6 heteroatoms. The summed E-state index contributed by atoms with van der Waals surface area (Å²) in [6.45, 7) is 4.19. The largest absolute Gasteiger partial charge is 0.438 e. The van der Waals surface area contributed by atoms with E-state index in [2.05, 4.69) is 16.9 Å². The number of rotatable bonds is 2. The van der Waals surface area contributed by atoms with Crippen LogP contribution in [0, 0.1) is 12.8 Å². The molecule has 0 saturated carbocycles. The van der Waals surface area contributed by atoms with E-state index in [4.69, 9.17) is 9.15 Å². The summed E-state index contributed by atoms with van der Waals surface area (Å²) in [6.07, 6.45) is 4.85.